The lowest BCUT2D eigenvalue weighted by molar-refractivity contribution is 0.271. The fourth-order valence-corrected chi connectivity index (χ4v) is 4.69. The Morgan fingerprint density at radius 1 is 0.971 bits per heavy atom. The Labute approximate surface area is 206 Å². The van der Waals surface area contributed by atoms with Crippen LogP contribution in [0.5, 0.6) is 5.88 Å². The quantitative estimate of drug-likeness (QED) is 0.362. The molecule has 35 heavy (non-hydrogen) atoms. The first-order valence-electron chi connectivity index (χ1n) is 11.9. The molecular formula is C26H32F2N4O2Si. The predicted octanol–water partition coefficient (Wildman–Crippen LogP) is 6.19. The lowest BCUT2D eigenvalue weighted by Crippen LogP contribution is -2.40. The van der Waals surface area contributed by atoms with E-state index < -0.39 is 20.0 Å². The van der Waals surface area contributed by atoms with Crippen LogP contribution in [0, 0.1) is 11.6 Å². The molecule has 9 heteroatoms. The molecule has 0 N–H and O–H groups in total. The smallest absolute Gasteiger partial charge is 0.214 e. The highest BCUT2D eigenvalue weighted by Gasteiger charge is 2.37. The van der Waals surface area contributed by atoms with Gasteiger partial charge in [0, 0.05) is 23.4 Å². The molecule has 0 amide bonds. The van der Waals surface area contributed by atoms with Gasteiger partial charge in [-0.15, -0.1) is 0 Å². The molecule has 0 fully saturated rings. The highest BCUT2D eigenvalue weighted by atomic mass is 28.4. The monoisotopic (exact) mass is 498 g/mol. The number of fused-ring (bicyclic) bond motifs is 1. The number of hydrogen-bond acceptors (Lipinski definition) is 6. The van der Waals surface area contributed by atoms with Crippen molar-refractivity contribution in [3.05, 3.63) is 65.0 Å². The highest BCUT2D eigenvalue weighted by molar-refractivity contribution is 6.74. The van der Waals surface area contributed by atoms with Gasteiger partial charge in [-0.2, -0.15) is 0 Å². The first-order valence-corrected chi connectivity index (χ1v) is 14.8. The van der Waals surface area contributed by atoms with E-state index in [4.69, 9.17) is 14.1 Å². The van der Waals surface area contributed by atoms with Crippen molar-refractivity contribution < 1.29 is 17.9 Å². The van der Waals surface area contributed by atoms with Gasteiger partial charge >= 0.3 is 0 Å². The summed E-state index contributed by atoms with van der Waals surface area (Å²) in [5, 5.41) is 0.104. The van der Waals surface area contributed by atoms with Gasteiger partial charge in [-0.3, -0.25) is 9.97 Å². The summed E-state index contributed by atoms with van der Waals surface area (Å²) in [4.78, 5) is 17.7. The van der Waals surface area contributed by atoms with Crippen molar-refractivity contribution in [3.8, 4) is 17.1 Å². The van der Waals surface area contributed by atoms with Crippen molar-refractivity contribution in [2.75, 3.05) is 0 Å². The fourth-order valence-electron chi connectivity index (χ4n) is 3.75. The molecule has 0 unspecified atom stereocenters. The number of rotatable bonds is 7. The summed E-state index contributed by atoms with van der Waals surface area (Å²) < 4.78 is 39.3. The van der Waals surface area contributed by atoms with E-state index in [0.29, 0.717) is 12.5 Å². The third-order valence-electron chi connectivity index (χ3n) is 6.87. The van der Waals surface area contributed by atoms with Crippen molar-refractivity contribution >= 4 is 8.32 Å². The van der Waals surface area contributed by atoms with Gasteiger partial charge in [0.2, 0.25) is 5.88 Å². The molecule has 1 aliphatic rings. The maximum Gasteiger partial charge on any atom is 0.214 e. The largest absolute Gasteiger partial charge is 0.471 e. The van der Waals surface area contributed by atoms with E-state index in [-0.39, 0.29) is 17.3 Å². The molecule has 4 rings (SSSR count). The molecule has 0 saturated carbocycles. The van der Waals surface area contributed by atoms with E-state index in [1.165, 1.54) is 0 Å². The number of halogens is 2. The number of nitrogens with zero attached hydrogens (tertiary/aromatic N) is 4. The van der Waals surface area contributed by atoms with Crippen molar-refractivity contribution in [1.82, 2.24) is 19.9 Å². The molecule has 0 saturated heterocycles. The molecule has 0 radical (unpaired) electrons. The molecular weight excluding hydrogens is 466 g/mol. The van der Waals surface area contributed by atoms with Crippen LogP contribution in [0.15, 0.2) is 30.7 Å². The van der Waals surface area contributed by atoms with Crippen molar-refractivity contribution in [1.29, 1.82) is 0 Å². The molecule has 3 aromatic heterocycles. The van der Waals surface area contributed by atoms with E-state index in [9.17, 15) is 8.78 Å². The van der Waals surface area contributed by atoms with Gasteiger partial charge < -0.3 is 9.16 Å². The first-order chi connectivity index (χ1) is 16.5. The number of ether oxygens (including phenoxy) is 1. The zero-order valence-electron chi connectivity index (χ0n) is 21.0. The van der Waals surface area contributed by atoms with Crippen LogP contribution in [0.2, 0.25) is 18.1 Å². The second-order valence-electron chi connectivity index (χ2n) is 10.5. The van der Waals surface area contributed by atoms with E-state index in [2.05, 4.69) is 48.8 Å². The maximum absolute atomic E-state index is 14.0. The van der Waals surface area contributed by atoms with Crippen molar-refractivity contribution in [3.63, 3.8) is 0 Å². The van der Waals surface area contributed by atoms with Gasteiger partial charge in [0.1, 0.15) is 18.1 Å². The summed E-state index contributed by atoms with van der Waals surface area (Å²) >= 11 is 0. The summed E-state index contributed by atoms with van der Waals surface area (Å²) in [6.07, 6.45) is 8.32. The number of hydrogen-bond donors (Lipinski definition) is 0. The second-order valence-corrected chi connectivity index (χ2v) is 15.3. The third-order valence-corrected chi connectivity index (χ3v) is 11.3. The van der Waals surface area contributed by atoms with Crippen molar-refractivity contribution in [2.24, 2.45) is 0 Å². The SMILES string of the molecule is CC(C)(C)[Si](C)(C)OCc1cncc(-c2cc(OCc3ncc(F)cc3F)nc3c2CCCC3)n1. The summed E-state index contributed by atoms with van der Waals surface area (Å²) in [6.45, 7) is 11.3. The number of pyridine rings is 2. The average molecular weight is 499 g/mol. The van der Waals surface area contributed by atoms with Crippen LogP contribution in [0.3, 0.4) is 0 Å². The number of aryl methyl sites for hydroxylation is 1. The van der Waals surface area contributed by atoms with Gasteiger partial charge in [0.15, 0.2) is 14.1 Å². The molecule has 6 nitrogen and oxygen atoms in total. The molecule has 0 aromatic carbocycles. The number of aromatic nitrogens is 4. The Hall–Kier alpha value is -2.78. The summed E-state index contributed by atoms with van der Waals surface area (Å²) in [7, 11) is -1.93. The van der Waals surface area contributed by atoms with Crippen LogP contribution in [-0.4, -0.2) is 28.3 Å². The van der Waals surface area contributed by atoms with Crippen molar-refractivity contribution in [2.45, 2.75) is 77.8 Å². The Balaban J connectivity index is 1.61. The van der Waals surface area contributed by atoms with Gasteiger partial charge in [-0.1, -0.05) is 20.8 Å². The first kappa shape index (κ1) is 25.3. The van der Waals surface area contributed by atoms with E-state index in [1.807, 2.05) is 6.07 Å². The summed E-state index contributed by atoms with van der Waals surface area (Å²) in [6, 6.07) is 2.62. The molecule has 3 aromatic rings. The van der Waals surface area contributed by atoms with Gasteiger partial charge in [-0.25, -0.2) is 18.7 Å². The van der Waals surface area contributed by atoms with Crippen LogP contribution in [-0.2, 0) is 30.5 Å². The van der Waals surface area contributed by atoms with Gasteiger partial charge in [-0.05, 0) is 49.4 Å². The fraction of sp³-hybridized carbons (Fsp3) is 0.462. The van der Waals surface area contributed by atoms with Crippen LogP contribution in [0.1, 0.15) is 56.3 Å². The van der Waals surface area contributed by atoms with Crippen LogP contribution in [0.4, 0.5) is 8.78 Å². The molecule has 0 spiro atoms. The topological polar surface area (TPSA) is 70.0 Å². The zero-order valence-corrected chi connectivity index (χ0v) is 22.0. The van der Waals surface area contributed by atoms with E-state index in [0.717, 1.165) is 66.2 Å². The normalized spacial score (nSPS) is 14.0. The predicted molar refractivity (Wildman–Crippen MR) is 132 cm³/mol. The minimum absolute atomic E-state index is 0.0250. The minimum Gasteiger partial charge on any atom is -0.471 e. The Kier molecular flexibility index (Phi) is 7.28. The maximum atomic E-state index is 14.0. The minimum atomic E-state index is -1.93. The average Bonchev–Trinajstić information content (AvgIpc) is 2.81. The third kappa shape index (κ3) is 5.90. The lowest BCUT2D eigenvalue weighted by atomic mass is 9.91. The van der Waals surface area contributed by atoms with E-state index >= 15 is 0 Å². The van der Waals surface area contributed by atoms with Crippen LogP contribution >= 0.6 is 0 Å². The zero-order chi connectivity index (χ0) is 25.2. The van der Waals surface area contributed by atoms with E-state index in [1.54, 1.807) is 12.4 Å². The lowest BCUT2D eigenvalue weighted by Gasteiger charge is -2.36. The van der Waals surface area contributed by atoms with Crippen LogP contribution in [0.25, 0.3) is 11.3 Å². The summed E-state index contributed by atoms with van der Waals surface area (Å²) in [5.41, 5.74) is 4.55. The Morgan fingerprint density at radius 2 is 1.74 bits per heavy atom. The van der Waals surface area contributed by atoms with Gasteiger partial charge in [0.05, 0.1) is 36.6 Å². The second kappa shape index (κ2) is 10.1. The molecule has 0 aliphatic heterocycles. The molecule has 3 heterocycles. The Bertz CT molecular complexity index is 1210. The molecule has 186 valence electrons. The van der Waals surface area contributed by atoms with Crippen LogP contribution < -0.4 is 4.74 Å². The van der Waals surface area contributed by atoms with Gasteiger partial charge in [0.25, 0.3) is 0 Å². The molecule has 0 atom stereocenters. The molecule has 0 bridgehead atoms. The highest BCUT2D eigenvalue weighted by Crippen LogP contribution is 2.37. The summed E-state index contributed by atoms with van der Waals surface area (Å²) in [5.74, 6) is -1.11. The Morgan fingerprint density at radius 3 is 2.49 bits per heavy atom. The molecule has 1 aliphatic carbocycles. The standard InChI is InChI=1S/C26H32F2N4O2Si/c1-26(2,3)35(4,5)34-15-18-13-29-14-23(31-18)20-11-25(32-22-9-7-6-8-19(20)22)33-16-24-21(28)10-17(27)12-30-24/h10-14H,6-9,15-16H2,1-5H3.